The summed E-state index contributed by atoms with van der Waals surface area (Å²) in [7, 11) is 0. The van der Waals surface area contributed by atoms with Crippen LogP contribution in [0.25, 0.3) is 21.5 Å². The molecule has 90 heavy (non-hydrogen) atoms. The quantitative estimate of drug-likeness (QED) is 0.0235. The van der Waals surface area contributed by atoms with Gasteiger partial charge in [-0.15, -0.1) is 0 Å². The van der Waals surface area contributed by atoms with Gasteiger partial charge in [0.1, 0.15) is 48.3 Å². The first-order valence-corrected chi connectivity index (χ1v) is 30.4. The molecule has 11 amide bonds. The molecule has 5 aromatic rings. The monoisotopic (exact) mass is 1240 g/mol. The maximum absolute atomic E-state index is 14.8. The number of hydrogen-bond donors (Lipinski definition) is 14. The van der Waals surface area contributed by atoms with Crippen molar-refractivity contribution in [2.24, 2.45) is 40.3 Å². The van der Waals surface area contributed by atoms with Gasteiger partial charge in [-0.2, -0.15) is 0 Å². The van der Waals surface area contributed by atoms with E-state index in [1.165, 1.54) is 6.92 Å². The summed E-state index contributed by atoms with van der Waals surface area (Å²) in [5.74, 6) is -9.67. The number of carbonyl (C=O) groups is 11. The smallest absolute Gasteiger partial charge is 0.243 e. The van der Waals surface area contributed by atoms with E-state index in [0.29, 0.717) is 55.2 Å². The second-order valence-corrected chi connectivity index (χ2v) is 22.9. The maximum atomic E-state index is 14.8. The Kier molecular flexibility index (Phi) is 28.7. The summed E-state index contributed by atoms with van der Waals surface area (Å²) in [4.78, 5) is 152. The Bertz CT molecular complexity index is 3280. The normalized spacial score (nSPS) is 14.2. The van der Waals surface area contributed by atoms with E-state index in [2.05, 4.69) is 42.5 Å². The molecule has 5 aromatic carbocycles. The lowest BCUT2D eigenvalue weighted by Crippen LogP contribution is -2.61. The fraction of sp³-hybridized carbons (Fsp3) is 0.431. The van der Waals surface area contributed by atoms with Crippen molar-refractivity contribution in [2.75, 3.05) is 13.1 Å². The van der Waals surface area contributed by atoms with Gasteiger partial charge in [-0.05, 0) is 109 Å². The molecule has 0 aliphatic rings. The molecule has 0 heterocycles. The summed E-state index contributed by atoms with van der Waals surface area (Å²) < 4.78 is 0. The number of unbranched alkanes of at least 4 members (excludes halogenated alkanes) is 2. The average molecular weight is 1240 g/mol. The van der Waals surface area contributed by atoms with Crippen LogP contribution in [-0.2, 0) is 72.0 Å². The first-order chi connectivity index (χ1) is 43.0. The summed E-state index contributed by atoms with van der Waals surface area (Å²) in [5.41, 5.74) is 36.5. The van der Waals surface area contributed by atoms with Crippen molar-refractivity contribution in [3.05, 3.63) is 132 Å². The Morgan fingerprint density at radius 2 is 0.811 bits per heavy atom. The van der Waals surface area contributed by atoms with E-state index < -0.39 is 139 Å². The second kappa shape index (κ2) is 36.2. The molecule has 0 aliphatic heterocycles. The van der Waals surface area contributed by atoms with Gasteiger partial charge in [0.05, 0.1) is 12.5 Å². The van der Waals surface area contributed by atoms with Crippen molar-refractivity contribution in [1.82, 2.24) is 42.5 Å². The topological polar surface area (TPSA) is 440 Å². The van der Waals surface area contributed by atoms with Crippen molar-refractivity contribution in [2.45, 2.75) is 159 Å². The largest absolute Gasteiger partial charge is 0.370 e. The third-order valence-electron chi connectivity index (χ3n) is 15.1. The molecule has 5 rings (SSSR count). The van der Waals surface area contributed by atoms with Crippen LogP contribution >= 0.6 is 0 Å². The van der Waals surface area contributed by atoms with Gasteiger partial charge in [0.25, 0.3) is 0 Å². The summed E-state index contributed by atoms with van der Waals surface area (Å²) in [6.07, 6.45) is 0.672. The molecule has 25 heteroatoms. The van der Waals surface area contributed by atoms with Gasteiger partial charge in [0, 0.05) is 25.7 Å². The van der Waals surface area contributed by atoms with E-state index in [1.54, 1.807) is 60.7 Å². The van der Waals surface area contributed by atoms with Crippen molar-refractivity contribution in [1.29, 1.82) is 0 Å². The molecule has 0 saturated carbocycles. The van der Waals surface area contributed by atoms with Crippen molar-refractivity contribution in [3.63, 3.8) is 0 Å². The summed E-state index contributed by atoms with van der Waals surface area (Å²) >= 11 is 0. The number of rotatable bonds is 38. The highest BCUT2D eigenvalue weighted by Crippen LogP contribution is 2.22. The second-order valence-electron chi connectivity index (χ2n) is 22.9. The lowest BCUT2D eigenvalue weighted by Gasteiger charge is -2.28. The van der Waals surface area contributed by atoms with Crippen LogP contribution in [0.5, 0.6) is 0 Å². The Morgan fingerprint density at radius 1 is 0.389 bits per heavy atom. The minimum absolute atomic E-state index is 0.0430. The molecule has 0 fully saturated rings. The predicted octanol–water partition coefficient (Wildman–Crippen LogP) is 0.177. The molecule has 25 nitrogen and oxygen atoms in total. The van der Waals surface area contributed by atoms with Crippen molar-refractivity contribution >= 4 is 86.5 Å². The molecule has 0 aromatic heterocycles. The highest BCUT2D eigenvalue weighted by Gasteiger charge is 2.36. The predicted molar refractivity (Wildman–Crippen MR) is 341 cm³/mol. The molecule has 0 bridgehead atoms. The first kappa shape index (κ1) is 71.4. The van der Waals surface area contributed by atoms with E-state index in [4.69, 9.17) is 34.4 Å². The molecule has 20 N–H and O–H groups in total. The molecule has 0 saturated heterocycles. The molecular weight excluding hydrogens is 1150 g/mol. The number of amides is 11. The number of nitrogens with one attached hydrogen (secondary N) is 8. The Hall–Kier alpha value is -9.33. The fourth-order valence-electron chi connectivity index (χ4n) is 10.3. The van der Waals surface area contributed by atoms with Gasteiger partial charge in [-0.25, -0.2) is 0 Å². The van der Waals surface area contributed by atoms with Gasteiger partial charge >= 0.3 is 0 Å². The van der Waals surface area contributed by atoms with Gasteiger partial charge in [0.15, 0.2) is 0 Å². The third kappa shape index (κ3) is 23.0. The van der Waals surface area contributed by atoms with E-state index >= 15 is 0 Å². The number of carbonyl (C=O) groups excluding carboxylic acids is 11. The summed E-state index contributed by atoms with van der Waals surface area (Å²) in [6, 6.07) is 21.8. The highest BCUT2D eigenvalue weighted by atomic mass is 16.2. The number of fused-ring (bicyclic) bond motifs is 2. The zero-order valence-corrected chi connectivity index (χ0v) is 51.3. The summed E-state index contributed by atoms with van der Waals surface area (Å²) in [6.45, 7) is 5.69. The lowest BCUT2D eigenvalue weighted by atomic mass is 9.97. The molecule has 0 unspecified atom stereocenters. The Balaban J connectivity index is 1.39. The van der Waals surface area contributed by atoms with E-state index in [0.717, 1.165) is 21.7 Å². The molecule has 0 radical (unpaired) electrons. The fourth-order valence-corrected chi connectivity index (χ4v) is 10.3. The number of primary amides is 3. The van der Waals surface area contributed by atoms with Crippen molar-refractivity contribution in [3.8, 4) is 0 Å². The average Bonchev–Trinajstić information content (AvgIpc) is 1.66. The van der Waals surface area contributed by atoms with Crippen LogP contribution in [0, 0.1) is 5.92 Å². The third-order valence-corrected chi connectivity index (χ3v) is 15.1. The number of hydrogen-bond acceptors (Lipinski definition) is 14. The SMILES string of the molecule is CC(C)C[C@H](NC(=O)[C@@H](N)CCCCN)C(=O)N[C@@H](Cc1ccccc1)C(=O)N[C@@H](CC(N)=O)C(=O)N[C@@H](Cc1cccc2ccccc12)C(=O)N[C@@H](CCC(N)=O)C(=O)N[C@@H](C)C(=O)N[C@@H](CCCCN)C(=O)N[C@@H](Cc1cccc2ccccc12)C(N)=O. The number of benzene rings is 5. The van der Waals surface area contributed by atoms with Crippen LogP contribution in [0.2, 0.25) is 0 Å². The van der Waals surface area contributed by atoms with Gasteiger partial charge in [0.2, 0.25) is 65.0 Å². The molecule has 9 atom stereocenters. The Morgan fingerprint density at radius 3 is 1.36 bits per heavy atom. The van der Waals surface area contributed by atoms with Crippen LogP contribution < -0.4 is 76.9 Å². The van der Waals surface area contributed by atoms with Crippen LogP contribution in [-0.4, -0.2) is 132 Å². The zero-order valence-electron chi connectivity index (χ0n) is 51.3. The Labute approximate surface area is 523 Å². The lowest BCUT2D eigenvalue weighted by molar-refractivity contribution is -0.136. The van der Waals surface area contributed by atoms with Crippen LogP contribution in [0.4, 0.5) is 0 Å². The minimum atomic E-state index is -1.77. The molecule has 484 valence electrons. The van der Waals surface area contributed by atoms with E-state index in [9.17, 15) is 52.7 Å². The van der Waals surface area contributed by atoms with E-state index in [1.807, 2.05) is 68.4 Å². The van der Waals surface area contributed by atoms with Gasteiger partial charge < -0.3 is 76.9 Å². The van der Waals surface area contributed by atoms with Gasteiger partial charge in [-0.3, -0.25) is 52.7 Å². The van der Waals surface area contributed by atoms with Crippen molar-refractivity contribution < 1.29 is 52.7 Å². The maximum Gasteiger partial charge on any atom is 0.243 e. The standard InChI is InChI=1S/C65H88N14O11/c1-38(2)33-51(76-59(84)47(68)27-11-13-31-66)62(87)77-52(34-40-17-5-4-6-18-40)63(88)79-54(37-56(70)81)65(90)78-53(36-44-24-16-22-42-20-8-10-26-46(42)44)64(89)74-49(29-30-55(69)80)60(85)72-39(3)58(83)73-48(28-12-14-32-67)61(86)75-50(57(71)82)35-43-23-15-21-41-19-7-9-25-45(41)43/h4-10,15-26,38-39,47-54H,11-14,27-37,66-68H2,1-3H3,(H2,69,80)(H2,70,81)(H2,71,82)(H,72,85)(H,73,83)(H,74,89)(H,75,86)(H,76,84)(H,77,87)(H,78,90)(H,79,88)/t39-,47-,48-,49-,50-,51-,52-,53-,54-/m0/s1. The summed E-state index contributed by atoms with van der Waals surface area (Å²) in [5, 5.41) is 24.3. The van der Waals surface area contributed by atoms with Crippen LogP contribution in [0.15, 0.2) is 115 Å². The van der Waals surface area contributed by atoms with Crippen LogP contribution in [0.3, 0.4) is 0 Å². The van der Waals surface area contributed by atoms with E-state index in [-0.39, 0.29) is 44.6 Å². The molecule has 0 aliphatic carbocycles. The van der Waals surface area contributed by atoms with Gasteiger partial charge in [-0.1, -0.05) is 136 Å². The molecule has 0 spiro atoms. The highest BCUT2D eigenvalue weighted by molar-refractivity contribution is 6.00. The zero-order chi connectivity index (χ0) is 65.9. The first-order valence-electron chi connectivity index (χ1n) is 30.4. The molecular formula is C65H88N14O11. The minimum Gasteiger partial charge on any atom is -0.370 e. The van der Waals surface area contributed by atoms with Crippen LogP contribution in [0.1, 0.15) is 102 Å². The number of nitrogens with two attached hydrogens (primary N) is 6.